The van der Waals surface area contributed by atoms with Crippen molar-refractivity contribution in [2.24, 2.45) is 0 Å². The zero-order valence-corrected chi connectivity index (χ0v) is 13.7. The predicted molar refractivity (Wildman–Crippen MR) is 87.8 cm³/mol. The molecule has 2 aromatic carbocycles. The van der Waals surface area contributed by atoms with Crippen molar-refractivity contribution in [1.29, 1.82) is 0 Å². The van der Waals surface area contributed by atoms with E-state index in [9.17, 15) is 0 Å². The second-order valence-corrected chi connectivity index (χ2v) is 6.10. The van der Waals surface area contributed by atoms with Crippen molar-refractivity contribution in [3.8, 4) is 5.69 Å². The molecule has 0 amide bonds. The summed E-state index contributed by atoms with van der Waals surface area (Å²) in [5.74, 6) is 1.26. The molecule has 0 saturated carbocycles. The Labute approximate surface area is 131 Å². The summed E-state index contributed by atoms with van der Waals surface area (Å²) in [6.07, 6.45) is 0. The van der Waals surface area contributed by atoms with E-state index in [4.69, 9.17) is 11.6 Å². The number of aromatic nitrogens is 2. The van der Waals surface area contributed by atoms with Gasteiger partial charge >= 0.3 is 0 Å². The maximum Gasteiger partial charge on any atom is 0.129 e. The van der Waals surface area contributed by atoms with Crippen LogP contribution in [0, 0.1) is 13.8 Å². The number of imidazole rings is 1. The highest BCUT2D eigenvalue weighted by atomic mass is 79.9. The normalized spacial score (nSPS) is 11.2. The number of alkyl halides is 1. The van der Waals surface area contributed by atoms with Gasteiger partial charge in [-0.3, -0.25) is 4.57 Å². The molecule has 3 aromatic rings. The molecular formula is C16H14BrClN2. The molecule has 3 rings (SSSR count). The number of nitrogens with zero attached hydrogens (tertiary/aromatic N) is 2. The van der Waals surface area contributed by atoms with E-state index in [0.29, 0.717) is 5.88 Å². The molecular weight excluding hydrogens is 336 g/mol. The Morgan fingerprint density at radius 2 is 1.95 bits per heavy atom. The molecule has 0 N–H and O–H groups in total. The molecule has 1 aromatic heterocycles. The van der Waals surface area contributed by atoms with Crippen molar-refractivity contribution in [2.75, 3.05) is 0 Å². The monoisotopic (exact) mass is 348 g/mol. The zero-order chi connectivity index (χ0) is 14.3. The average Bonchev–Trinajstić information content (AvgIpc) is 2.78. The van der Waals surface area contributed by atoms with E-state index in [1.807, 2.05) is 6.07 Å². The standard InChI is InChI=1S/C16H14BrClN2/c1-10-3-6-14-13(7-10)19-16(9-18)20(14)15-8-12(17)5-4-11(15)2/h3-8H,9H2,1-2H3. The molecule has 0 saturated heterocycles. The van der Waals surface area contributed by atoms with Gasteiger partial charge in [0.1, 0.15) is 5.82 Å². The number of benzene rings is 2. The van der Waals surface area contributed by atoms with Gasteiger partial charge in [0.15, 0.2) is 0 Å². The maximum atomic E-state index is 6.09. The van der Waals surface area contributed by atoms with Crippen LogP contribution >= 0.6 is 27.5 Å². The number of hydrogen-bond donors (Lipinski definition) is 0. The summed E-state index contributed by atoms with van der Waals surface area (Å²) in [6, 6.07) is 12.5. The molecule has 20 heavy (non-hydrogen) atoms. The van der Waals surface area contributed by atoms with Crippen LogP contribution in [0.2, 0.25) is 0 Å². The average molecular weight is 350 g/mol. The first-order chi connectivity index (χ1) is 9.60. The summed E-state index contributed by atoms with van der Waals surface area (Å²) < 4.78 is 3.19. The molecule has 4 heteroatoms. The van der Waals surface area contributed by atoms with Gasteiger partial charge in [-0.25, -0.2) is 4.98 Å². The van der Waals surface area contributed by atoms with Crippen LogP contribution in [-0.4, -0.2) is 9.55 Å². The van der Waals surface area contributed by atoms with Crippen LogP contribution in [0.1, 0.15) is 17.0 Å². The lowest BCUT2D eigenvalue weighted by Gasteiger charge is -2.11. The predicted octanol–water partition coefficient (Wildman–Crippen LogP) is 5.14. The summed E-state index contributed by atoms with van der Waals surface area (Å²) in [5.41, 5.74) is 5.59. The largest absolute Gasteiger partial charge is 0.295 e. The van der Waals surface area contributed by atoms with Crippen molar-refractivity contribution < 1.29 is 0 Å². The maximum absolute atomic E-state index is 6.09. The molecule has 0 aliphatic heterocycles. The Balaban J connectivity index is 2.37. The summed E-state index contributed by atoms with van der Waals surface area (Å²) in [6.45, 7) is 4.17. The third-order valence-electron chi connectivity index (χ3n) is 3.41. The Bertz CT molecular complexity index is 793. The van der Waals surface area contributed by atoms with Gasteiger partial charge in [-0.1, -0.05) is 28.1 Å². The molecule has 102 valence electrons. The molecule has 0 radical (unpaired) electrons. The SMILES string of the molecule is Cc1ccc2c(c1)nc(CCl)n2-c1cc(Br)ccc1C. The van der Waals surface area contributed by atoms with E-state index in [0.717, 1.165) is 27.0 Å². The molecule has 0 aliphatic rings. The van der Waals surface area contributed by atoms with Gasteiger partial charge in [-0.15, -0.1) is 11.6 Å². The fourth-order valence-corrected chi connectivity index (χ4v) is 2.95. The first-order valence-electron chi connectivity index (χ1n) is 6.40. The Morgan fingerprint density at radius 1 is 1.15 bits per heavy atom. The summed E-state index contributed by atoms with van der Waals surface area (Å²) >= 11 is 9.63. The Morgan fingerprint density at radius 3 is 2.70 bits per heavy atom. The lowest BCUT2D eigenvalue weighted by atomic mass is 10.2. The molecule has 0 atom stereocenters. The summed E-state index contributed by atoms with van der Waals surface area (Å²) in [5, 5.41) is 0. The highest BCUT2D eigenvalue weighted by Crippen LogP contribution is 2.27. The van der Waals surface area contributed by atoms with Crippen molar-refractivity contribution in [2.45, 2.75) is 19.7 Å². The van der Waals surface area contributed by atoms with Crippen LogP contribution in [0.5, 0.6) is 0 Å². The molecule has 0 unspecified atom stereocenters. The van der Waals surface area contributed by atoms with Gasteiger partial charge in [-0.05, 0) is 49.2 Å². The summed E-state index contributed by atoms with van der Waals surface area (Å²) in [7, 11) is 0. The molecule has 2 nitrogen and oxygen atoms in total. The third kappa shape index (κ3) is 2.25. The van der Waals surface area contributed by atoms with E-state index in [1.165, 1.54) is 11.1 Å². The van der Waals surface area contributed by atoms with Gasteiger partial charge in [0.05, 0.1) is 22.6 Å². The highest BCUT2D eigenvalue weighted by Gasteiger charge is 2.13. The van der Waals surface area contributed by atoms with Crippen molar-refractivity contribution in [3.63, 3.8) is 0 Å². The first-order valence-corrected chi connectivity index (χ1v) is 7.73. The van der Waals surface area contributed by atoms with Gasteiger partial charge in [0, 0.05) is 4.47 Å². The van der Waals surface area contributed by atoms with E-state index >= 15 is 0 Å². The second kappa shape index (κ2) is 5.23. The van der Waals surface area contributed by atoms with Gasteiger partial charge in [0.25, 0.3) is 0 Å². The van der Waals surface area contributed by atoms with Crippen LogP contribution < -0.4 is 0 Å². The quantitative estimate of drug-likeness (QED) is 0.585. The number of rotatable bonds is 2. The molecule has 1 heterocycles. The third-order valence-corrected chi connectivity index (χ3v) is 4.14. The first kappa shape index (κ1) is 13.7. The van der Waals surface area contributed by atoms with Crippen molar-refractivity contribution in [1.82, 2.24) is 9.55 Å². The lowest BCUT2D eigenvalue weighted by Crippen LogP contribution is -2.01. The number of aryl methyl sites for hydroxylation is 2. The fraction of sp³-hybridized carbons (Fsp3) is 0.188. The van der Waals surface area contributed by atoms with Crippen molar-refractivity contribution in [3.05, 3.63) is 57.8 Å². The number of fused-ring (bicyclic) bond motifs is 1. The number of hydrogen-bond acceptors (Lipinski definition) is 1. The van der Waals surface area contributed by atoms with Gasteiger partial charge in [-0.2, -0.15) is 0 Å². The minimum atomic E-state index is 0.389. The van der Waals surface area contributed by atoms with E-state index in [1.54, 1.807) is 0 Å². The van der Waals surface area contributed by atoms with E-state index < -0.39 is 0 Å². The molecule has 0 fully saturated rings. The second-order valence-electron chi connectivity index (χ2n) is 4.92. The van der Waals surface area contributed by atoms with E-state index in [2.05, 4.69) is 69.7 Å². The highest BCUT2D eigenvalue weighted by molar-refractivity contribution is 9.10. The van der Waals surface area contributed by atoms with Crippen LogP contribution in [0.3, 0.4) is 0 Å². The molecule has 0 aliphatic carbocycles. The zero-order valence-electron chi connectivity index (χ0n) is 11.3. The van der Waals surface area contributed by atoms with Crippen LogP contribution in [-0.2, 0) is 5.88 Å². The minimum absolute atomic E-state index is 0.389. The topological polar surface area (TPSA) is 17.8 Å². The lowest BCUT2D eigenvalue weighted by molar-refractivity contribution is 0.971. The van der Waals surface area contributed by atoms with Crippen LogP contribution in [0.15, 0.2) is 40.9 Å². The van der Waals surface area contributed by atoms with Gasteiger partial charge in [0.2, 0.25) is 0 Å². The van der Waals surface area contributed by atoms with Gasteiger partial charge < -0.3 is 0 Å². The summed E-state index contributed by atoms with van der Waals surface area (Å²) in [4.78, 5) is 4.65. The van der Waals surface area contributed by atoms with Crippen molar-refractivity contribution >= 4 is 38.6 Å². The Hall–Kier alpha value is -1.32. The number of halogens is 2. The molecule has 0 spiro atoms. The van der Waals surface area contributed by atoms with Crippen LogP contribution in [0.4, 0.5) is 0 Å². The smallest absolute Gasteiger partial charge is 0.129 e. The minimum Gasteiger partial charge on any atom is -0.295 e. The van der Waals surface area contributed by atoms with Crippen LogP contribution in [0.25, 0.3) is 16.7 Å². The van der Waals surface area contributed by atoms with E-state index in [-0.39, 0.29) is 0 Å². The Kier molecular flexibility index (Phi) is 3.57. The fourth-order valence-electron chi connectivity index (χ4n) is 2.42. The molecule has 0 bridgehead atoms.